The topological polar surface area (TPSA) is 35.5 Å². The second kappa shape index (κ2) is 8.51. The average molecular weight is 198 g/mol. The highest BCUT2D eigenvalue weighted by Gasteiger charge is 1.98. The van der Waals surface area contributed by atoms with Gasteiger partial charge in [-0.15, -0.1) is 6.58 Å². The van der Waals surface area contributed by atoms with Crippen molar-refractivity contribution in [3.63, 3.8) is 0 Å². The lowest BCUT2D eigenvalue weighted by atomic mass is 10.1. The average Bonchev–Trinajstić information content (AvgIpc) is 2.21. The third-order valence-corrected chi connectivity index (χ3v) is 1.72. The van der Waals surface area contributed by atoms with Crippen LogP contribution in [0.5, 0.6) is 0 Å². The Morgan fingerprint density at radius 2 is 2.29 bits per heavy atom. The summed E-state index contributed by atoms with van der Waals surface area (Å²) in [6.45, 7) is 6.83. The van der Waals surface area contributed by atoms with E-state index >= 15 is 0 Å². The summed E-state index contributed by atoms with van der Waals surface area (Å²) in [6, 6.07) is 0. The highest BCUT2D eigenvalue weighted by molar-refractivity contribution is 5.81. The van der Waals surface area contributed by atoms with Gasteiger partial charge in [-0.3, -0.25) is 0 Å². The quantitative estimate of drug-likeness (QED) is 0.271. The lowest BCUT2D eigenvalue weighted by Gasteiger charge is -2.05. The number of esters is 1. The number of carbonyl (C=O) groups excluding carboxylic acids is 1. The maximum atomic E-state index is 10.7. The Labute approximate surface area is 85.4 Å². The molecule has 14 heavy (non-hydrogen) atoms. The first kappa shape index (κ1) is 12.9. The minimum atomic E-state index is -0.316. The number of rotatable bonds is 7. The summed E-state index contributed by atoms with van der Waals surface area (Å²) in [7, 11) is 1.37. The van der Waals surface area contributed by atoms with E-state index in [1.54, 1.807) is 6.08 Å². The number of allylic oxidation sites excluding steroid dienone is 1. The third kappa shape index (κ3) is 7.55. The van der Waals surface area contributed by atoms with Gasteiger partial charge in [-0.25, -0.2) is 4.79 Å². The van der Waals surface area contributed by atoms with Gasteiger partial charge in [0.2, 0.25) is 0 Å². The molecular formula is C11H18O3. The summed E-state index contributed by atoms with van der Waals surface area (Å²) in [6.07, 6.45) is 5.87. The van der Waals surface area contributed by atoms with Gasteiger partial charge in [0.05, 0.1) is 13.7 Å². The largest absolute Gasteiger partial charge is 0.466 e. The van der Waals surface area contributed by atoms with E-state index in [1.165, 1.54) is 13.2 Å². The Kier molecular flexibility index (Phi) is 7.84. The Balaban J connectivity index is 3.53. The first-order valence-electron chi connectivity index (χ1n) is 4.65. The first-order chi connectivity index (χ1) is 6.70. The molecule has 0 aromatic rings. The minimum Gasteiger partial charge on any atom is -0.466 e. The lowest BCUT2D eigenvalue weighted by molar-refractivity contribution is -0.134. The zero-order valence-electron chi connectivity index (χ0n) is 8.86. The molecule has 0 aromatic carbocycles. The van der Waals surface area contributed by atoms with Gasteiger partial charge in [0.15, 0.2) is 0 Å². The van der Waals surface area contributed by atoms with Crippen LogP contribution in [0.1, 0.15) is 13.3 Å². The molecule has 0 unspecified atom stereocenters. The molecular weight excluding hydrogens is 180 g/mol. The second-order valence-electron chi connectivity index (χ2n) is 3.01. The molecule has 0 aliphatic rings. The van der Waals surface area contributed by atoms with Crippen molar-refractivity contribution in [1.29, 1.82) is 0 Å². The Bertz CT molecular complexity index is 197. The molecule has 0 spiro atoms. The molecule has 80 valence electrons. The number of hydrogen-bond acceptors (Lipinski definition) is 3. The summed E-state index contributed by atoms with van der Waals surface area (Å²) >= 11 is 0. The fourth-order valence-electron chi connectivity index (χ4n) is 0.843. The number of ether oxygens (including phenoxy) is 2. The van der Waals surface area contributed by atoms with Crippen molar-refractivity contribution in [2.45, 2.75) is 13.3 Å². The molecule has 0 heterocycles. The van der Waals surface area contributed by atoms with Crippen molar-refractivity contribution in [2.75, 3.05) is 20.3 Å². The van der Waals surface area contributed by atoms with E-state index in [0.717, 1.165) is 6.42 Å². The highest BCUT2D eigenvalue weighted by atomic mass is 16.5. The molecule has 0 saturated carbocycles. The van der Waals surface area contributed by atoms with Crippen LogP contribution < -0.4 is 0 Å². The van der Waals surface area contributed by atoms with E-state index in [-0.39, 0.29) is 5.97 Å². The predicted octanol–water partition coefficient (Wildman–Crippen LogP) is 1.94. The first-order valence-corrected chi connectivity index (χ1v) is 4.65. The molecule has 0 amide bonds. The van der Waals surface area contributed by atoms with Crippen molar-refractivity contribution >= 4 is 5.97 Å². The van der Waals surface area contributed by atoms with Gasteiger partial charge in [0, 0.05) is 12.7 Å². The van der Waals surface area contributed by atoms with E-state index in [1.807, 2.05) is 13.0 Å². The van der Waals surface area contributed by atoms with Crippen molar-refractivity contribution in [1.82, 2.24) is 0 Å². The standard InChI is InChI=1S/C11H18O3/c1-4-8-14-9-7-10(2)5-6-11(12)13-3/h4-6,10H,1,7-9H2,2-3H3/t10-/m0/s1. The molecule has 3 nitrogen and oxygen atoms in total. The Hall–Kier alpha value is -1.09. The smallest absolute Gasteiger partial charge is 0.330 e. The van der Waals surface area contributed by atoms with Crippen LogP contribution in [0.15, 0.2) is 24.8 Å². The molecule has 3 heteroatoms. The zero-order valence-corrected chi connectivity index (χ0v) is 8.86. The van der Waals surface area contributed by atoms with Crippen molar-refractivity contribution in [3.05, 3.63) is 24.8 Å². The van der Waals surface area contributed by atoms with Crippen LogP contribution in [0, 0.1) is 5.92 Å². The zero-order chi connectivity index (χ0) is 10.8. The highest BCUT2D eigenvalue weighted by Crippen LogP contribution is 2.03. The van der Waals surface area contributed by atoms with Gasteiger partial charge < -0.3 is 9.47 Å². The van der Waals surface area contributed by atoms with Crippen LogP contribution in [-0.4, -0.2) is 26.3 Å². The van der Waals surface area contributed by atoms with Crippen LogP contribution >= 0.6 is 0 Å². The number of methoxy groups -OCH3 is 1. The van der Waals surface area contributed by atoms with Crippen molar-refractivity contribution in [2.24, 2.45) is 5.92 Å². The van der Waals surface area contributed by atoms with Gasteiger partial charge in [-0.05, 0) is 12.3 Å². The number of hydrogen-bond donors (Lipinski definition) is 0. The fraction of sp³-hybridized carbons (Fsp3) is 0.545. The molecule has 0 aromatic heterocycles. The van der Waals surface area contributed by atoms with Crippen LogP contribution in [0.25, 0.3) is 0 Å². The Morgan fingerprint density at radius 1 is 1.57 bits per heavy atom. The predicted molar refractivity (Wildman–Crippen MR) is 56.0 cm³/mol. The summed E-state index contributed by atoms with van der Waals surface area (Å²) < 4.78 is 9.69. The summed E-state index contributed by atoms with van der Waals surface area (Å²) in [4.78, 5) is 10.7. The van der Waals surface area contributed by atoms with Gasteiger partial charge in [0.1, 0.15) is 0 Å². The van der Waals surface area contributed by atoms with Gasteiger partial charge in [-0.2, -0.15) is 0 Å². The van der Waals surface area contributed by atoms with E-state index in [4.69, 9.17) is 4.74 Å². The van der Waals surface area contributed by atoms with Crippen molar-refractivity contribution in [3.8, 4) is 0 Å². The molecule has 1 atom stereocenters. The summed E-state index contributed by atoms with van der Waals surface area (Å²) in [5, 5.41) is 0. The normalized spacial score (nSPS) is 12.7. The molecule has 0 radical (unpaired) electrons. The SMILES string of the molecule is C=CCOCC[C@@H](C)C=CC(=O)OC. The fourth-order valence-corrected chi connectivity index (χ4v) is 0.843. The maximum Gasteiger partial charge on any atom is 0.330 e. The third-order valence-electron chi connectivity index (χ3n) is 1.72. The molecule has 0 bridgehead atoms. The number of carbonyl (C=O) groups is 1. The molecule has 0 fully saturated rings. The van der Waals surface area contributed by atoms with Crippen molar-refractivity contribution < 1.29 is 14.3 Å². The van der Waals surface area contributed by atoms with E-state index < -0.39 is 0 Å². The van der Waals surface area contributed by atoms with Crippen LogP contribution in [0.4, 0.5) is 0 Å². The van der Waals surface area contributed by atoms with Crippen LogP contribution in [-0.2, 0) is 14.3 Å². The maximum absolute atomic E-state index is 10.7. The molecule has 0 N–H and O–H groups in total. The van der Waals surface area contributed by atoms with Crippen LogP contribution in [0.2, 0.25) is 0 Å². The molecule has 0 aliphatic carbocycles. The second-order valence-corrected chi connectivity index (χ2v) is 3.01. The van der Waals surface area contributed by atoms with Gasteiger partial charge in [-0.1, -0.05) is 19.1 Å². The van der Waals surface area contributed by atoms with Crippen LogP contribution in [0.3, 0.4) is 0 Å². The van der Waals surface area contributed by atoms with Gasteiger partial charge >= 0.3 is 5.97 Å². The minimum absolute atomic E-state index is 0.316. The Morgan fingerprint density at radius 3 is 2.86 bits per heavy atom. The molecule has 0 rings (SSSR count). The van der Waals surface area contributed by atoms with E-state index in [2.05, 4.69) is 11.3 Å². The molecule has 0 aliphatic heterocycles. The van der Waals surface area contributed by atoms with E-state index in [0.29, 0.717) is 19.1 Å². The monoisotopic (exact) mass is 198 g/mol. The lowest BCUT2D eigenvalue weighted by Crippen LogP contribution is -2.01. The van der Waals surface area contributed by atoms with Gasteiger partial charge in [0.25, 0.3) is 0 Å². The molecule has 0 saturated heterocycles. The summed E-state index contributed by atoms with van der Waals surface area (Å²) in [5.74, 6) is 0.00257. The van der Waals surface area contributed by atoms with E-state index in [9.17, 15) is 4.79 Å². The summed E-state index contributed by atoms with van der Waals surface area (Å²) in [5.41, 5.74) is 0.